The summed E-state index contributed by atoms with van der Waals surface area (Å²) in [4.78, 5) is 4.11. The maximum Gasteiger partial charge on any atom is 0.0951 e. The maximum atomic E-state index is 6.10. The molecule has 0 saturated carbocycles. The molecule has 3 rings (SSSR count). The van der Waals surface area contributed by atoms with E-state index in [0.29, 0.717) is 10.0 Å². The maximum absolute atomic E-state index is 6.10. The molecule has 2 aromatic rings. The molecule has 96 valence electrons. The van der Waals surface area contributed by atoms with Gasteiger partial charge in [-0.15, -0.1) is 0 Å². The zero-order valence-corrected chi connectivity index (χ0v) is 11.6. The number of benzene rings is 1. The summed E-state index contributed by atoms with van der Waals surface area (Å²) in [5.74, 6) is 0.204. The minimum Gasteiger partial charge on any atom is -0.330 e. The van der Waals surface area contributed by atoms with E-state index >= 15 is 0 Å². The van der Waals surface area contributed by atoms with Crippen molar-refractivity contribution in [2.45, 2.75) is 12.0 Å². The van der Waals surface area contributed by atoms with E-state index in [2.05, 4.69) is 21.7 Å². The average Bonchev–Trinajstić information content (AvgIpc) is 2.91. The van der Waals surface area contributed by atoms with Gasteiger partial charge in [0.05, 0.1) is 12.4 Å². The Morgan fingerprint density at radius 1 is 1.00 bits per heavy atom. The van der Waals surface area contributed by atoms with Crippen LogP contribution in [0.2, 0.25) is 10.0 Å². The van der Waals surface area contributed by atoms with Crippen LogP contribution in [-0.4, -0.2) is 9.55 Å². The van der Waals surface area contributed by atoms with Crippen molar-refractivity contribution >= 4 is 23.2 Å². The fourth-order valence-electron chi connectivity index (χ4n) is 2.40. The zero-order chi connectivity index (χ0) is 13.2. The van der Waals surface area contributed by atoms with Crippen molar-refractivity contribution in [2.75, 3.05) is 0 Å². The molecule has 2 unspecified atom stereocenters. The first-order chi connectivity index (χ1) is 9.24. The normalized spacial score (nSPS) is 21.8. The molecule has 1 aliphatic rings. The van der Waals surface area contributed by atoms with Crippen molar-refractivity contribution in [3.63, 3.8) is 0 Å². The highest BCUT2D eigenvalue weighted by atomic mass is 35.5. The van der Waals surface area contributed by atoms with Crippen molar-refractivity contribution < 1.29 is 0 Å². The smallest absolute Gasteiger partial charge is 0.0951 e. The minimum atomic E-state index is 0.196. The predicted molar refractivity (Wildman–Crippen MR) is 78.7 cm³/mol. The van der Waals surface area contributed by atoms with Crippen LogP contribution in [0.3, 0.4) is 0 Å². The topological polar surface area (TPSA) is 17.8 Å². The van der Waals surface area contributed by atoms with Crippen molar-refractivity contribution in [3.8, 4) is 0 Å². The summed E-state index contributed by atoms with van der Waals surface area (Å²) in [5, 5.41) is 1.32. The number of nitrogens with zero attached hydrogens (tertiary/aromatic N) is 2. The number of allylic oxidation sites excluding steroid dienone is 4. The van der Waals surface area contributed by atoms with Crippen molar-refractivity contribution in [2.24, 2.45) is 0 Å². The Morgan fingerprint density at radius 3 is 2.42 bits per heavy atom. The molecule has 0 fully saturated rings. The van der Waals surface area contributed by atoms with E-state index in [1.54, 1.807) is 12.3 Å². The van der Waals surface area contributed by atoms with Crippen molar-refractivity contribution in [1.29, 1.82) is 0 Å². The molecule has 2 atom stereocenters. The number of halogens is 2. The van der Waals surface area contributed by atoms with Gasteiger partial charge in [0.1, 0.15) is 0 Å². The lowest BCUT2D eigenvalue weighted by Gasteiger charge is -2.26. The first-order valence-corrected chi connectivity index (χ1v) is 6.78. The third-order valence-electron chi connectivity index (χ3n) is 3.24. The number of imidazole rings is 1. The van der Waals surface area contributed by atoms with Crippen LogP contribution >= 0.6 is 23.2 Å². The Kier molecular flexibility index (Phi) is 3.45. The summed E-state index contributed by atoms with van der Waals surface area (Å²) in [5.41, 5.74) is 1.11. The van der Waals surface area contributed by atoms with Crippen molar-refractivity contribution in [1.82, 2.24) is 9.55 Å². The van der Waals surface area contributed by atoms with Crippen LogP contribution in [0.5, 0.6) is 0 Å². The van der Waals surface area contributed by atoms with Crippen LogP contribution in [0.25, 0.3) is 0 Å². The van der Waals surface area contributed by atoms with Crippen LogP contribution in [-0.2, 0) is 0 Å². The number of hydrogen-bond acceptors (Lipinski definition) is 1. The number of aromatic nitrogens is 2. The van der Waals surface area contributed by atoms with Gasteiger partial charge < -0.3 is 4.57 Å². The van der Waals surface area contributed by atoms with E-state index in [4.69, 9.17) is 23.2 Å². The molecule has 1 aromatic heterocycles. The number of rotatable bonds is 2. The highest BCUT2D eigenvalue weighted by molar-refractivity contribution is 6.34. The van der Waals surface area contributed by atoms with Gasteiger partial charge in [-0.3, -0.25) is 0 Å². The molecule has 2 nitrogen and oxygen atoms in total. The van der Waals surface area contributed by atoms with Gasteiger partial charge in [-0.25, -0.2) is 4.98 Å². The lowest BCUT2D eigenvalue weighted by molar-refractivity contribution is 0.544. The van der Waals surface area contributed by atoms with Crippen molar-refractivity contribution in [3.05, 3.63) is 76.8 Å². The second-order valence-corrected chi connectivity index (χ2v) is 5.37. The first kappa shape index (κ1) is 12.5. The van der Waals surface area contributed by atoms with E-state index in [1.807, 2.05) is 36.8 Å². The quantitative estimate of drug-likeness (QED) is 0.788. The summed E-state index contributed by atoms with van der Waals surface area (Å²) >= 11 is 12.2. The largest absolute Gasteiger partial charge is 0.330 e. The summed E-state index contributed by atoms with van der Waals surface area (Å²) in [6, 6.07) is 5.88. The van der Waals surface area contributed by atoms with E-state index in [1.165, 1.54) is 0 Å². The Morgan fingerprint density at radius 2 is 1.74 bits per heavy atom. The summed E-state index contributed by atoms with van der Waals surface area (Å²) in [6.45, 7) is 0. The molecule has 19 heavy (non-hydrogen) atoms. The second-order valence-electron chi connectivity index (χ2n) is 4.50. The summed E-state index contributed by atoms with van der Waals surface area (Å²) in [6.07, 6.45) is 14.0. The van der Waals surface area contributed by atoms with Gasteiger partial charge in [0, 0.05) is 28.4 Å². The van der Waals surface area contributed by atoms with Gasteiger partial charge >= 0.3 is 0 Å². The molecule has 0 amide bonds. The van der Waals surface area contributed by atoms with Gasteiger partial charge in [-0.05, 0) is 23.8 Å². The van der Waals surface area contributed by atoms with Gasteiger partial charge in [-0.2, -0.15) is 0 Å². The molecule has 0 radical (unpaired) electrons. The third-order valence-corrected chi connectivity index (χ3v) is 3.68. The number of hydrogen-bond donors (Lipinski definition) is 0. The summed E-state index contributed by atoms with van der Waals surface area (Å²) < 4.78 is 2.08. The van der Waals surface area contributed by atoms with E-state index in [9.17, 15) is 0 Å². The van der Waals surface area contributed by atoms with E-state index in [0.717, 1.165) is 5.56 Å². The Bertz CT molecular complexity index is 609. The predicted octanol–water partition coefficient (Wildman–Crippen LogP) is 4.64. The van der Waals surface area contributed by atoms with E-state index in [-0.39, 0.29) is 12.0 Å². The van der Waals surface area contributed by atoms with Crippen LogP contribution < -0.4 is 0 Å². The molecule has 4 heteroatoms. The van der Waals surface area contributed by atoms with Crippen LogP contribution in [0, 0.1) is 0 Å². The molecule has 0 saturated heterocycles. The zero-order valence-electron chi connectivity index (χ0n) is 10.1. The molecular weight excluding hydrogens is 279 g/mol. The van der Waals surface area contributed by atoms with Gasteiger partial charge in [0.15, 0.2) is 0 Å². The SMILES string of the molecule is Clc1cc(Cl)cc(C2C=CC=CC2n2ccnc2)c1. The molecule has 0 aliphatic heterocycles. The molecule has 0 N–H and O–H groups in total. The highest BCUT2D eigenvalue weighted by Crippen LogP contribution is 2.36. The Hall–Kier alpha value is -1.51. The Labute approximate surface area is 122 Å². The fraction of sp³-hybridized carbons (Fsp3) is 0.133. The lowest BCUT2D eigenvalue weighted by atomic mass is 9.88. The van der Waals surface area contributed by atoms with E-state index < -0.39 is 0 Å². The van der Waals surface area contributed by atoms with Crippen LogP contribution in [0.4, 0.5) is 0 Å². The highest BCUT2D eigenvalue weighted by Gasteiger charge is 2.22. The molecule has 1 aliphatic carbocycles. The molecular formula is C15H12Cl2N2. The summed E-state index contributed by atoms with van der Waals surface area (Å²) in [7, 11) is 0. The minimum absolute atomic E-state index is 0.196. The van der Waals surface area contributed by atoms with Gasteiger partial charge in [-0.1, -0.05) is 47.5 Å². The van der Waals surface area contributed by atoms with Crippen LogP contribution in [0.1, 0.15) is 17.5 Å². The second kappa shape index (κ2) is 5.24. The molecule has 0 bridgehead atoms. The van der Waals surface area contributed by atoms with Crippen LogP contribution in [0.15, 0.2) is 61.2 Å². The molecule has 1 heterocycles. The first-order valence-electron chi connectivity index (χ1n) is 6.02. The van der Waals surface area contributed by atoms with Gasteiger partial charge in [0.2, 0.25) is 0 Å². The molecule has 0 spiro atoms. The molecule has 1 aromatic carbocycles. The Balaban J connectivity index is 2.02. The standard InChI is InChI=1S/C15H12Cl2N2/c16-12-7-11(8-13(17)9-12)14-3-1-2-4-15(14)19-6-5-18-10-19/h1-10,14-15H. The lowest BCUT2D eigenvalue weighted by Crippen LogP contribution is -2.15. The third kappa shape index (κ3) is 2.60. The fourth-order valence-corrected chi connectivity index (χ4v) is 2.94. The van der Waals surface area contributed by atoms with Gasteiger partial charge in [0.25, 0.3) is 0 Å². The average molecular weight is 291 g/mol. The monoisotopic (exact) mass is 290 g/mol.